The van der Waals surface area contributed by atoms with Crippen LogP contribution in [0, 0.1) is 13.8 Å². The second kappa shape index (κ2) is 11.7. The van der Waals surface area contributed by atoms with Gasteiger partial charge in [-0.3, -0.25) is 9.59 Å². The molecule has 184 valence electrons. The van der Waals surface area contributed by atoms with E-state index in [2.05, 4.69) is 10.6 Å². The van der Waals surface area contributed by atoms with E-state index in [9.17, 15) is 19.5 Å². The molecule has 0 aromatic heterocycles. The first-order valence-electron chi connectivity index (χ1n) is 11.2. The molecule has 34 heavy (non-hydrogen) atoms. The van der Waals surface area contributed by atoms with Crippen molar-refractivity contribution in [2.75, 3.05) is 13.7 Å². The van der Waals surface area contributed by atoms with E-state index in [1.54, 1.807) is 20.8 Å². The zero-order chi connectivity index (χ0) is 25.5. The topological polar surface area (TPSA) is 108 Å². The fourth-order valence-corrected chi connectivity index (χ4v) is 3.55. The lowest BCUT2D eigenvalue weighted by Gasteiger charge is -2.32. The molecule has 0 spiro atoms. The number of amides is 3. The summed E-state index contributed by atoms with van der Waals surface area (Å²) in [6, 6.07) is 12.8. The van der Waals surface area contributed by atoms with Crippen LogP contribution < -0.4 is 10.6 Å². The highest BCUT2D eigenvalue weighted by molar-refractivity contribution is 5.92. The van der Waals surface area contributed by atoms with Crippen molar-refractivity contribution < 1.29 is 24.2 Å². The summed E-state index contributed by atoms with van der Waals surface area (Å²) in [6.07, 6.45) is -0.829. The Kier molecular flexibility index (Phi) is 9.20. The molecule has 0 fully saturated rings. The highest BCUT2D eigenvalue weighted by atomic mass is 16.6. The van der Waals surface area contributed by atoms with Crippen LogP contribution in [0.1, 0.15) is 49.1 Å². The van der Waals surface area contributed by atoms with Gasteiger partial charge < -0.3 is 25.4 Å². The lowest BCUT2D eigenvalue weighted by atomic mass is 9.97. The zero-order valence-electron chi connectivity index (χ0n) is 20.7. The first-order valence-corrected chi connectivity index (χ1v) is 11.2. The molecule has 0 bridgehead atoms. The van der Waals surface area contributed by atoms with Crippen molar-refractivity contribution in [1.29, 1.82) is 0 Å². The number of aryl methyl sites for hydroxylation is 2. The van der Waals surface area contributed by atoms with E-state index in [1.165, 1.54) is 11.9 Å². The average molecular weight is 470 g/mol. The Morgan fingerprint density at radius 2 is 1.71 bits per heavy atom. The van der Waals surface area contributed by atoms with E-state index < -0.39 is 36.3 Å². The van der Waals surface area contributed by atoms with Gasteiger partial charge in [-0.25, -0.2) is 4.79 Å². The average Bonchev–Trinajstić information content (AvgIpc) is 2.76. The summed E-state index contributed by atoms with van der Waals surface area (Å²) < 4.78 is 5.20. The molecule has 3 amide bonds. The number of benzene rings is 2. The predicted molar refractivity (Wildman–Crippen MR) is 130 cm³/mol. The molecule has 2 aromatic carbocycles. The number of carbonyl (C=O) groups is 3. The first-order chi connectivity index (χ1) is 15.9. The Bertz CT molecular complexity index is 1000. The van der Waals surface area contributed by atoms with Crippen LogP contribution in [0.25, 0.3) is 0 Å². The van der Waals surface area contributed by atoms with Crippen molar-refractivity contribution in [3.63, 3.8) is 0 Å². The third kappa shape index (κ3) is 7.59. The number of hydrogen-bond donors (Lipinski definition) is 3. The van der Waals surface area contributed by atoms with Crippen molar-refractivity contribution in [1.82, 2.24) is 15.5 Å². The molecule has 0 aliphatic heterocycles. The minimum absolute atomic E-state index is 0.294. The van der Waals surface area contributed by atoms with Crippen molar-refractivity contribution >= 4 is 17.9 Å². The van der Waals surface area contributed by atoms with Gasteiger partial charge >= 0.3 is 6.09 Å². The number of aliphatic hydroxyl groups is 1. The van der Waals surface area contributed by atoms with Gasteiger partial charge in [0.1, 0.15) is 17.7 Å². The van der Waals surface area contributed by atoms with E-state index in [0.29, 0.717) is 12.1 Å². The Morgan fingerprint density at radius 3 is 2.26 bits per heavy atom. The Labute approximate surface area is 201 Å². The monoisotopic (exact) mass is 469 g/mol. The Balaban J connectivity index is 2.29. The molecule has 8 heteroatoms. The number of aliphatic hydroxyl groups excluding tert-OH is 1. The van der Waals surface area contributed by atoms with Crippen molar-refractivity contribution in [2.24, 2.45) is 0 Å². The van der Waals surface area contributed by atoms with Crippen molar-refractivity contribution in [3.05, 3.63) is 70.8 Å². The maximum absolute atomic E-state index is 13.3. The van der Waals surface area contributed by atoms with Crippen LogP contribution >= 0.6 is 0 Å². The summed E-state index contributed by atoms with van der Waals surface area (Å²) in [5.41, 5.74) is 2.68. The van der Waals surface area contributed by atoms with E-state index >= 15 is 0 Å². The Hall–Kier alpha value is -3.39. The summed E-state index contributed by atoms with van der Waals surface area (Å²) in [4.78, 5) is 40.0. The van der Waals surface area contributed by atoms with E-state index in [-0.39, 0.29) is 5.91 Å². The molecule has 0 aliphatic carbocycles. The highest BCUT2D eigenvalue weighted by Crippen LogP contribution is 2.25. The minimum Gasteiger partial charge on any atom is -0.444 e. The SMILES string of the molecule is Cc1ccc(C(C(=O)NCc2ccccc2)N(C)C(=O)C(CO)NC(=O)OC(C)(C)C)c(C)c1. The molecule has 0 radical (unpaired) electrons. The minimum atomic E-state index is -1.27. The third-order valence-electron chi connectivity index (χ3n) is 5.18. The molecule has 2 aromatic rings. The number of rotatable bonds is 8. The molecule has 2 rings (SSSR count). The van der Waals surface area contributed by atoms with Crippen molar-refractivity contribution in [3.8, 4) is 0 Å². The largest absolute Gasteiger partial charge is 0.444 e. The van der Waals surface area contributed by atoms with E-state index in [0.717, 1.165) is 16.7 Å². The fourth-order valence-electron chi connectivity index (χ4n) is 3.55. The quantitative estimate of drug-likeness (QED) is 0.551. The zero-order valence-corrected chi connectivity index (χ0v) is 20.7. The third-order valence-corrected chi connectivity index (χ3v) is 5.18. The fraction of sp³-hybridized carbons (Fsp3) is 0.423. The Morgan fingerprint density at radius 1 is 1.06 bits per heavy atom. The van der Waals surface area contributed by atoms with Gasteiger partial charge in [-0.15, -0.1) is 0 Å². The van der Waals surface area contributed by atoms with E-state index in [1.807, 2.05) is 62.4 Å². The lowest BCUT2D eigenvalue weighted by Crippen LogP contribution is -2.53. The second-order valence-electron chi connectivity index (χ2n) is 9.30. The van der Waals surface area contributed by atoms with Gasteiger partial charge in [0.05, 0.1) is 6.61 Å². The summed E-state index contributed by atoms with van der Waals surface area (Å²) in [7, 11) is 1.48. The number of alkyl carbamates (subject to hydrolysis) is 1. The van der Waals surface area contributed by atoms with Gasteiger partial charge in [0.25, 0.3) is 0 Å². The van der Waals surface area contributed by atoms with Gasteiger partial charge in [0.15, 0.2) is 0 Å². The molecule has 3 N–H and O–H groups in total. The lowest BCUT2D eigenvalue weighted by molar-refractivity contribution is -0.141. The number of nitrogens with one attached hydrogen (secondary N) is 2. The van der Waals surface area contributed by atoms with Crippen LogP contribution in [0.4, 0.5) is 4.79 Å². The maximum Gasteiger partial charge on any atom is 0.408 e. The van der Waals surface area contributed by atoms with Gasteiger partial charge in [0, 0.05) is 13.6 Å². The van der Waals surface area contributed by atoms with Crippen LogP contribution in [-0.2, 0) is 20.9 Å². The second-order valence-corrected chi connectivity index (χ2v) is 9.30. The van der Waals surface area contributed by atoms with E-state index in [4.69, 9.17) is 4.74 Å². The van der Waals surface area contributed by atoms with Gasteiger partial charge in [-0.05, 0) is 51.3 Å². The normalized spacial score (nSPS) is 12.9. The van der Waals surface area contributed by atoms with Gasteiger partial charge in [0.2, 0.25) is 11.8 Å². The van der Waals surface area contributed by atoms with Crippen LogP contribution in [0.15, 0.2) is 48.5 Å². The summed E-state index contributed by atoms with van der Waals surface area (Å²) >= 11 is 0. The molecule has 2 atom stereocenters. The number of carbonyl (C=O) groups excluding carboxylic acids is 3. The van der Waals surface area contributed by atoms with Crippen LogP contribution in [-0.4, -0.2) is 53.2 Å². The molecular formula is C26H35N3O5. The first kappa shape index (κ1) is 26.9. The highest BCUT2D eigenvalue weighted by Gasteiger charge is 2.34. The smallest absolute Gasteiger partial charge is 0.408 e. The molecule has 8 nitrogen and oxygen atoms in total. The molecule has 0 saturated carbocycles. The number of likely N-dealkylation sites (N-methyl/N-ethyl adjacent to an activating group) is 1. The standard InChI is InChI=1S/C26H35N3O5/c1-17-12-13-20(18(2)14-17)22(23(31)27-15-19-10-8-7-9-11-19)29(6)24(32)21(16-30)28-25(33)34-26(3,4)5/h7-14,21-22,30H,15-16H2,1-6H3,(H,27,31)(H,28,33). The molecule has 2 unspecified atom stereocenters. The van der Waals surface area contributed by atoms with Gasteiger partial charge in [-0.1, -0.05) is 54.1 Å². The number of ether oxygens (including phenoxy) is 1. The molecular weight excluding hydrogens is 434 g/mol. The molecule has 0 aliphatic rings. The summed E-state index contributed by atoms with van der Waals surface area (Å²) in [6.45, 7) is 8.56. The number of nitrogens with zero attached hydrogens (tertiary/aromatic N) is 1. The van der Waals surface area contributed by atoms with Crippen LogP contribution in [0.3, 0.4) is 0 Å². The van der Waals surface area contributed by atoms with Crippen molar-refractivity contribution in [2.45, 2.75) is 58.8 Å². The van der Waals surface area contributed by atoms with Crippen LogP contribution in [0.5, 0.6) is 0 Å². The predicted octanol–water partition coefficient (Wildman–Crippen LogP) is 3.00. The van der Waals surface area contributed by atoms with Crippen LogP contribution in [0.2, 0.25) is 0 Å². The molecule has 0 heterocycles. The summed E-state index contributed by atoms with van der Waals surface area (Å²) in [5.74, 6) is -0.992. The molecule has 0 saturated heterocycles. The number of hydrogen-bond acceptors (Lipinski definition) is 5. The van der Waals surface area contributed by atoms with Gasteiger partial charge in [-0.2, -0.15) is 0 Å². The maximum atomic E-state index is 13.3. The summed E-state index contributed by atoms with van der Waals surface area (Å²) in [5, 5.41) is 15.1.